The molecule has 0 fully saturated rings. The summed E-state index contributed by atoms with van der Waals surface area (Å²) in [7, 11) is 0. The van der Waals surface area contributed by atoms with Crippen molar-refractivity contribution in [1.29, 1.82) is 0 Å². The number of amides is 2. The van der Waals surface area contributed by atoms with Gasteiger partial charge in [-0.15, -0.1) is 0 Å². The third-order valence-electron chi connectivity index (χ3n) is 7.11. The molecule has 0 radical (unpaired) electrons. The van der Waals surface area contributed by atoms with Crippen LogP contribution in [-0.4, -0.2) is 58.9 Å². The Kier molecular flexibility index (Phi) is 10.0. The molecule has 0 saturated heterocycles. The van der Waals surface area contributed by atoms with E-state index in [1.807, 2.05) is 42.6 Å². The maximum absolute atomic E-state index is 13.7. The smallest absolute Gasteiger partial charge is 0.307 e. The third-order valence-corrected chi connectivity index (χ3v) is 7.11. The summed E-state index contributed by atoms with van der Waals surface area (Å²) in [5.74, 6) is -1.57. The fraction of sp³-hybridized carbons (Fsp3) is 0.469. The van der Waals surface area contributed by atoms with Crippen LogP contribution in [0.15, 0.2) is 54.7 Å². The van der Waals surface area contributed by atoms with Gasteiger partial charge < -0.3 is 29.8 Å². The molecule has 3 N–H and O–H groups in total. The van der Waals surface area contributed by atoms with Crippen LogP contribution in [0, 0.1) is 5.92 Å². The number of carbonyl (C=O) groups excluding carboxylic acids is 3. The van der Waals surface area contributed by atoms with Crippen molar-refractivity contribution in [1.82, 2.24) is 15.2 Å². The summed E-state index contributed by atoms with van der Waals surface area (Å²) in [5.41, 5.74) is 2.36. The predicted octanol–water partition coefficient (Wildman–Crippen LogP) is 3.89. The van der Waals surface area contributed by atoms with E-state index >= 15 is 0 Å². The van der Waals surface area contributed by atoms with Crippen molar-refractivity contribution in [3.05, 3.63) is 65.9 Å². The molecule has 2 amide bonds. The highest BCUT2D eigenvalue weighted by Gasteiger charge is 2.30. The number of aromatic hydroxyl groups is 1. The van der Waals surface area contributed by atoms with Gasteiger partial charge in [0.1, 0.15) is 17.4 Å². The second kappa shape index (κ2) is 13.7. The van der Waals surface area contributed by atoms with Crippen LogP contribution in [0.25, 0.3) is 10.9 Å². The molecule has 0 spiro atoms. The topological polar surface area (TPSA) is 119 Å². The molecule has 0 unspecified atom stereocenters. The zero-order valence-electron chi connectivity index (χ0n) is 24.2. The maximum atomic E-state index is 13.7. The van der Waals surface area contributed by atoms with Crippen LogP contribution in [0.3, 0.4) is 0 Å². The van der Waals surface area contributed by atoms with E-state index in [-0.39, 0.29) is 24.0 Å². The molecule has 2 aromatic carbocycles. The average molecular weight is 564 g/mol. The number of rotatable bonds is 8. The minimum Gasteiger partial charge on any atom is -0.508 e. The first kappa shape index (κ1) is 30.1. The van der Waals surface area contributed by atoms with E-state index in [1.165, 1.54) is 0 Å². The van der Waals surface area contributed by atoms with Crippen LogP contribution < -0.4 is 10.6 Å². The number of esters is 1. The van der Waals surface area contributed by atoms with E-state index in [4.69, 9.17) is 9.47 Å². The van der Waals surface area contributed by atoms with Gasteiger partial charge in [0, 0.05) is 42.5 Å². The van der Waals surface area contributed by atoms with Gasteiger partial charge in [-0.05, 0) is 69.4 Å². The lowest BCUT2D eigenvalue weighted by Gasteiger charge is -2.24. The molecule has 0 aliphatic carbocycles. The number of phenolic OH excluding ortho intramolecular Hbond substituents is 1. The van der Waals surface area contributed by atoms with Crippen molar-refractivity contribution < 1.29 is 29.0 Å². The summed E-state index contributed by atoms with van der Waals surface area (Å²) >= 11 is 0. The Morgan fingerprint density at radius 2 is 1.90 bits per heavy atom. The van der Waals surface area contributed by atoms with Crippen LogP contribution in [0.2, 0.25) is 0 Å². The van der Waals surface area contributed by atoms with Gasteiger partial charge in [0.25, 0.3) is 0 Å². The van der Waals surface area contributed by atoms with Crippen LogP contribution >= 0.6 is 0 Å². The van der Waals surface area contributed by atoms with Gasteiger partial charge >= 0.3 is 5.97 Å². The molecule has 2 bridgehead atoms. The zero-order valence-corrected chi connectivity index (χ0v) is 24.2. The molecule has 0 saturated carbocycles. The summed E-state index contributed by atoms with van der Waals surface area (Å²) in [6, 6.07) is 14.1. The predicted molar refractivity (Wildman–Crippen MR) is 156 cm³/mol. The summed E-state index contributed by atoms with van der Waals surface area (Å²) in [6.07, 6.45) is 4.03. The lowest BCUT2D eigenvalue weighted by molar-refractivity contribution is -0.157. The Morgan fingerprint density at radius 3 is 2.66 bits per heavy atom. The lowest BCUT2D eigenvalue weighted by atomic mass is 9.94. The highest BCUT2D eigenvalue weighted by atomic mass is 16.6. The second-order valence-corrected chi connectivity index (χ2v) is 11.6. The molecule has 9 nitrogen and oxygen atoms in total. The molecule has 1 aromatic heterocycles. The van der Waals surface area contributed by atoms with Gasteiger partial charge in [0.2, 0.25) is 11.8 Å². The number of phenols is 1. The maximum Gasteiger partial charge on any atom is 0.307 e. The Morgan fingerprint density at radius 1 is 1.15 bits per heavy atom. The van der Waals surface area contributed by atoms with E-state index in [1.54, 1.807) is 32.9 Å². The van der Waals surface area contributed by atoms with Gasteiger partial charge in [-0.25, -0.2) is 0 Å². The molecule has 1 aliphatic rings. The summed E-state index contributed by atoms with van der Waals surface area (Å²) in [4.78, 5) is 39.7. The molecule has 3 aromatic rings. The average Bonchev–Trinajstić information content (AvgIpc) is 3.26. The lowest BCUT2D eigenvalue weighted by Crippen LogP contribution is -2.50. The number of para-hydroxylation sites is 1. The minimum atomic E-state index is -0.820. The molecule has 2 atom stereocenters. The molecule has 9 heteroatoms. The molecule has 41 heavy (non-hydrogen) atoms. The van der Waals surface area contributed by atoms with Gasteiger partial charge in [0.15, 0.2) is 0 Å². The van der Waals surface area contributed by atoms with Crippen molar-refractivity contribution in [3.63, 3.8) is 0 Å². The van der Waals surface area contributed by atoms with E-state index in [0.29, 0.717) is 52.0 Å². The van der Waals surface area contributed by atoms with Crippen LogP contribution in [0.5, 0.6) is 5.75 Å². The zero-order chi connectivity index (χ0) is 29.4. The summed E-state index contributed by atoms with van der Waals surface area (Å²) in [6.45, 7) is 7.30. The number of aryl methyl sites for hydroxylation is 1. The third kappa shape index (κ3) is 8.82. The van der Waals surface area contributed by atoms with Gasteiger partial charge in [-0.2, -0.15) is 0 Å². The number of hydrogen-bond donors (Lipinski definition) is 3. The fourth-order valence-electron chi connectivity index (χ4n) is 5.15. The summed E-state index contributed by atoms with van der Waals surface area (Å²) < 4.78 is 13.4. The normalized spacial score (nSPS) is 17.1. The largest absolute Gasteiger partial charge is 0.508 e. The highest BCUT2D eigenvalue weighted by molar-refractivity contribution is 5.91. The van der Waals surface area contributed by atoms with E-state index < -0.39 is 23.5 Å². The van der Waals surface area contributed by atoms with Crippen LogP contribution in [0.1, 0.15) is 51.2 Å². The monoisotopic (exact) mass is 563 g/mol. The summed E-state index contributed by atoms with van der Waals surface area (Å²) in [5, 5.41) is 16.4. The minimum absolute atomic E-state index is 0.0832. The quantitative estimate of drug-likeness (QED) is 0.358. The molecular formula is C32H41N3O6. The van der Waals surface area contributed by atoms with Crippen molar-refractivity contribution in [3.8, 4) is 5.75 Å². The first-order chi connectivity index (χ1) is 19.6. The SMILES string of the molecule is CC(C)(C)OC(=O)C[C@@H](CCCc1ccc(O)cc1)C(=O)N[C@H]1Cc2cn(c3ccccc23)CCOCCNC1=O. The van der Waals surface area contributed by atoms with E-state index in [0.717, 1.165) is 22.0 Å². The molecule has 2 heterocycles. The van der Waals surface area contributed by atoms with E-state index in [2.05, 4.69) is 15.2 Å². The molecule has 220 valence electrons. The molecule has 1 aliphatic heterocycles. The first-order valence-corrected chi connectivity index (χ1v) is 14.3. The second-order valence-electron chi connectivity index (χ2n) is 11.6. The Bertz CT molecular complexity index is 1340. The number of hydrogen-bond acceptors (Lipinski definition) is 6. The Labute approximate surface area is 241 Å². The number of ether oxygens (including phenoxy) is 2. The van der Waals surface area contributed by atoms with Crippen molar-refractivity contribution in [2.45, 2.75) is 71.1 Å². The van der Waals surface area contributed by atoms with Gasteiger partial charge in [0.05, 0.1) is 19.6 Å². The Balaban J connectivity index is 1.53. The number of benzene rings is 2. The standard InChI is InChI=1S/C32H41N3O6/c1-32(2,3)41-29(37)20-23(8-6-7-22-11-13-25(36)14-12-22)30(38)34-27-19-24-21-35(28-10-5-4-9-26(24)28)16-18-40-17-15-33-31(27)39/h4-5,9-14,21,23,27,36H,6-8,15-20H2,1-3H3,(H,33,39)(H,34,38)/t23-,27+/m1/s1. The number of carbonyl (C=O) groups is 3. The molecular weight excluding hydrogens is 522 g/mol. The van der Waals surface area contributed by atoms with Crippen LogP contribution in [0.4, 0.5) is 0 Å². The Hall–Kier alpha value is -3.85. The highest BCUT2D eigenvalue weighted by Crippen LogP contribution is 2.24. The van der Waals surface area contributed by atoms with Crippen molar-refractivity contribution >= 4 is 28.7 Å². The van der Waals surface area contributed by atoms with E-state index in [9.17, 15) is 19.5 Å². The van der Waals surface area contributed by atoms with Crippen LogP contribution in [-0.2, 0) is 43.2 Å². The number of aromatic nitrogens is 1. The fourth-order valence-corrected chi connectivity index (χ4v) is 5.15. The van der Waals surface area contributed by atoms with Gasteiger partial charge in [-0.1, -0.05) is 30.3 Å². The number of fused-ring (bicyclic) bond motifs is 5. The van der Waals surface area contributed by atoms with Gasteiger partial charge in [-0.3, -0.25) is 14.4 Å². The number of nitrogens with one attached hydrogen (secondary N) is 2. The number of nitrogens with zero attached hydrogens (tertiary/aromatic N) is 1. The molecule has 4 rings (SSSR count). The van der Waals surface area contributed by atoms with Crippen molar-refractivity contribution in [2.24, 2.45) is 5.92 Å². The van der Waals surface area contributed by atoms with Crippen molar-refractivity contribution in [2.75, 3.05) is 19.8 Å². The first-order valence-electron chi connectivity index (χ1n) is 14.3.